The fourth-order valence-electron chi connectivity index (χ4n) is 2.85. The van der Waals surface area contributed by atoms with Crippen molar-refractivity contribution < 1.29 is 4.74 Å². The highest BCUT2D eigenvalue weighted by molar-refractivity contribution is 9.10. The van der Waals surface area contributed by atoms with Crippen LogP contribution in [0.25, 0.3) is 0 Å². The van der Waals surface area contributed by atoms with Crippen LogP contribution in [0.15, 0.2) is 16.6 Å². The van der Waals surface area contributed by atoms with Gasteiger partial charge >= 0.3 is 0 Å². The summed E-state index contributed by atoms with van der Waals surface area (Å²) in [6.07, 6.45) is 3.62. The van der Waals surface area contributed by atoms with Crippen LogP contribution in [-0.2, 0) is 5.41 Å². The molecule has 1 aliphatic rings. The van der Waals surface area contributed by atoms with Gasteiger partial charge in [0.05, 0.1) is 7.11 Å². The summed E-state index contributed by atoms with van der Waals surface area (Å²) in [7, 11) is 1.77. The average Bonchev–Trinajstić information content (AvgIpc) is 2.27. The van der Waals surface area contributed by atoms with Crippen LogP contribution in [0.1, 0.15) is 50.2 Å². The van der Waals surface area contributed by atoms with Crippen LogP contribution in [0.3, 0.4) is 0 Å². The molecular formula is C15H22BrNO. The highest BCUT2D eigenvalue weighted by atomic mass is 79.9. The number of hydrogen-bond donors (Lipinski definition) is 1. The molecule has 0 radical (unpaired) electrons. The van der Waals surface area contributed by atoms with Crippen molar-refractivity contribution in [1.82, 2.24) is 0 Å². The van der Waals surface area contributed by atoms with Crippen LogP contribution in [0.2, 0.25) is 0 Å². The van der Waals surface area contributed by atoms with Gasteiger partial charge in [-0.2, -0.15) is 0 Å². The number of ether oxygens (including phenoxy) is 1. The Bertz CT molecular complexity index is 433. The molecule has 0 aromatic heterocycles. The van der Waals surface area contributed by atoms with Crippen molar-refractivity contribution in [2.45, 2.75) is 44.4 Å². The minimum absolute atomic E-state index is 0.138. The Morgan fingerprint density at radius 3 is 2.44 bits per heavy atom. The maximum Gasteiger partial charge on any atom is 0.126 e. The van der Waals surface area contributed by atoms with Crippen LogP contribution >= 0.6 is 15.9 Å². The number of nitrogens with two attached hydrogens (primary N) is 1. The number of rotatable bonds is 4. The lowest BCUT2D eigenvalue weighted by molar-refractivity contribution is 0.242. The number of methoxy groups -OCH3 is 1. The highest BCUT2D eigenvalue weighted by Gasteiger charge is 2.40. The van der Waals surface area contributed by atoms with E-state index >= 15 is 0 Å². The van der Waals surface area contributed by atoms with E-state index in [0.29, 0.717) is 12.5 Å². The number of hydrogen-bond acceptors (Lipinski definition) is 2. The Morgan fingerprint density at radius 1 is 1.39 bits per heavy atom. The molecule has 0 saturated heterocycles. The Kier molecular flexibility index (Phi) is 4.02. The molecule has 1 saturated carbocycles. The molecule has 2 N–H and O–H groups in total. The van der Waals surface area contributed by atoms with Gasteiger partial charge in [0, 0.05) is 22.0 Å². The lowest BCUT2D eigenvalue weighted by Gasteiger charge is -2.42. The second-order valence-corrected chi connectivity index (χ2v) is 6.48. The second-order valence-electron chi connectivity index (χ2n) is 5.57. The third-order valence-corrected chi connectivity index (χ3v) is 4.64. The summed E-state index contributed by atoms with van der Waals surface area (Å²) >= 11 is 3.62. The SMILES string of the molecule is COc1c(C(C)C)cc(Br)cc1C1(CN)CCC1. The molecule has 1 aromatic rings. The van der Waals surface area contributed by atoms with Gasteiger partial charge in [-0.1, -0.05) is 36.2 Å². The third kappa shape index (κ3) is 2.19. The molecule has 0 unspecified atom stereocenters. The minimum atomic E-state index is 0.138. The van der Waals surface area contributed by atoms with Gasteiger partial charge in [0.15, 0.2) is 0 Å². The van der Waals surface area contributed by atoms with Crippen LogP contribution < -0.4 is 10.5 Å². The molecule has 0 spiro atoms. The maximum atomic E-state index is 6.03. The van der Waals surface area contributed by atoms with Crippen molar-refractivity contribution in [3.63, 3.8) is 0 Å². The smallest absolute Gasteiger partial charge is 0.126 e. The first-order valence-electron chi connectivity index (χ1n) is 6.62. The molecule has 1 aliphatic carbocycles. The van der Waals surface area contributed by atoms with Gasteiger partial charge in [0.2, 0.25) is 0 Å². The zero-order valence-electron chi connectivity index (χ0n) is 11.4. The first-order valence-corrected chi connectivity index (χ1v) is 7.41. The molecule has 2 nitrogen and oxygen atoms in total. The summed E-state index contributed by atoms with van der Waals surface area (Å²) < 4.78 is 6.83. The summed E-state index contributed by atoms with van der Waals surface area (Å²) in [6.45, 7) is 5.10. The zero-order valence-corrected chi connectivity index (χ0v) is 13.0. The van der Waals surface area contributed by atoms with E-state index in [-0.39, 0.29) is 5.41 Å². The predicted octanol–water partition coefficient (Wildman–Crippen LogP) is 3.96. The van der Waals surface area contributed by atoms with Crippen LogP contribution in [0.5, 0.6) is 5.75 Å². The molecular weight excluding hydrogens is 290 g/mol. The van der Waals surface area contributed by atoms with Gasteiger partial charge in [-0.15, -0.1) is 0 Å². The molecule has 0 heterocycles. The van der Waals surface area contributed by atoms with E-state index in [4.69, 9.17) is 10.5 Å². The molecule has 1 fully saturated rings. The van der Waals surface area contributed by atoms with Crippen molar-refractivity contribution in [2.24, 2.45) is 5.73 Å². The van der Waals surface area contributed by atoms with Crippen molar-refractivity contribution >= 4 is 15.9 Å². The lowest BCUT2D eigenvalue weighted by atomic mass is 9.64. The van der Waals surface area contributed by atoms with E-state index in [1.54, 1.807) is 7.11 Å². The summed E-state index contributed by atoms with van der Waals surface area (Å²) in [5, 5.41) is 0. The third-order valence-electron chi connectivity index (χ3n) is 4.18. The van der Waals surface area contributed by atoms with Crippen molar-refractivity contribution in [3.05, 3.63) is 27.7 Å². The summed E-state index contributed by atoms with van der Waals surface area (Å²) in [5.74, 6) is 1.49. The van der Waals surface area contributed by atoms with E-state index in [2.05, 4.69) is 41.9 Å². The van der Waals surface area contributed by atoms with Gasteiger partial charge in [-0.25, -0.2) is 0 Å². The largest absolute Gasteiger partial charge is 0.496 e. The van der Waals surface area contributed by atoms with E-state index < -0.39 is 0 Å². The standard InChI is InChI=1S/C15H22BrNO/c1-10(2)12-7-11(16)8-13(14(12)18-3)15(9-17)5-4-6-15/h7-8,10H,4-6,9,17H2,1-3H3. The molecule has 0 bridgehead atoms. The van der Waals surface area contributed by atoms with Crippen LogP contribution in [0.4, 0.5) is 0 Å². The Balaban J connectivity index is 2.58. The molecule has 100 valence electrons. The van der Waals surface area contributed by atoms with Crippen molar-refractivity contribution in [1.29, 1.82) is 0 Å². The quantitative estimate of drug-likeness (QED) is 0.913. The van der Waals surface area contributed by atoms with Crippen LogP contribution in [0, 0.1) is 0 Å². The molecule has 2 rings (SSSR count). The lowest BCUT2D eigenvalue weighted by Crippen LogP contribution is -2.42. The molecule has 0 aliphatic heterocycles. The monoisotopic (exact) mass is 311 g/mol. The molecule has 3 heteroatoms. The fourth-order valence-corrected chi connectivity index (χ4v) is 3.33. The van der Waals surface area contributed by atoms with E-state index in [1.165, 1.54) is 30.4 Å². The van der Waals surface area contributed by atoms with E-state index in [0.717, 1.165) is 10.2 Å². The van der Waals surface area contributed by atoms with Crippen molar-refractivity contribution in [2.75, 3.05) is 13.7 Å². The topological polar surface area (TPSA) is 35.2 Å². The molecule has 18 heavy (non-hydrogen) atoms. The maximum absolute atomic E-state index is 6.03. The first kappa shape index (κ1) is 13.9. The van der Waals surface area contributed by atoms with Gasteiger partial charge in [0.25, 0.3) is 0 Å². The highest BCUT2D eigenvalue weighted by Crippen LogP contribution is 2.49. The number of benzene rings is 1. The van der Waals surface area contributed by atoms with Crippen LogP contribution in [-0.4, -0.2) is 13.7 Å². The van der Waals surface area contributed by atoms with Crippen molar-refractivity contribution in [3.8, 4) is 5.75 Å². The van der Waals surface area contributed by atoms with Gasteiger partial charge < -0.3 is 10.5 Å². The molecule has 0 amide bonds. The first-order chi connectivity index (χ1) is 8.54. The fraction of sp³-hybridized carbons (Fsp3) is 0.600. The molecule has 1 aromatic carbocycles. The summed E-state index contributed by atoms with van der Waals surface area (Å²) in [4.78, 5) is 0. The zero-order chi connectivity index (χ0) is 13.3. The normalized spacial score (nSPS) is 17.7. The Hall–Kier alpha value is -0.540. The van der Waals surface area contributed by atoms with Gasteiger partial charge in [-0.3, -0.25) is 0 Å². The second kappa shape index (κ2) is 5.22. The molecule has 0 atom stereocenters. The Labute approximate surface area is 118 Å². The van der Waals surface area contributed by atoms with Gasteiger partial charge in [0.1, 0.15) is 5.75 Å². The van der Waals surface area contributed by atoms with E-state index in [1.807, 2.05) is 0 Å². The predicted molar refractivity (Wildman–Crippen MR) is 79.4 cm³/mol. The van der Waals surface area contributed by atoms with E-state index in [9.17, 15) is 0 Å². The Morgan fingerprint density at radius 2 is 2.06 bits per heavy atom. The number of halogens is 1. The summed E-state index contributed by atoms with van der Waals surface area (Å²) in [6, 6.07) is 4.35. The average molecular weight is 312 g/mol. The minimum Gasteiger partial charge on any atom is -0.496 e. The summed E-state index contributed by atoms with van der Waals surface area (Å²) in [5.41, 5.74) is 8.72. The van der Waals surface area contributed by atoms with Gasteiger partial charge in [-0.05, 0) is 36.5 Å².